The molecule has 0 amide bonds. The second kappa shape index (κ2) is 3.79. The van der Waals surface area contributed by atoms with Gasteiger partial charge in [-0.3, -0.25) is 0 Å². The summed E-state index contributed by atoms with van der Waals surface area (Å²) >= 11 is 4.19. The van der Waals surface area contributed by atoms with Crippen LogP contribution in [0, 0.1) is 0 Å². The van der Waals surface area contributed by atoms with E-state index in [1.54, 1.807) is 24.3 Å². The van der Waals surface area contributed by atoms with Gasteiger partial charge >= 0.3 is 75.2 Å². The predicted molar refractivity (Wildman–Crippen MR) is 42.7 cm³/mol. The Balaban J connectivity index is 3.00. The molecule has 11 heavy (non-hydrogen) atoms. The summed E-state index contributed by atoms with van der Waals surface area (Å²) in [5.41, 5.74) is 0.435. The van der Waals surface area contributed by atoms with Crippen molar-refractivity contribution in [3.8, 4) is 0 Å². The molecule has 0 unspecified atom stereocenters. The summed E-state index contributed by atoms with van der Waals surface area (Å²) < 4.78 is 11.1. The molecule has 0 spiro atoms. The number of benzene rings is 1. The first kappa shape index (κ1) is 8.63. The van der Waals surface area contributed by atoms with Crippen LogP contribution in [-0.2, 0) is 3.74 Å². The Labute approximate surface area is 75.5 Å². The van der Waals surface area contributed by atoms with E-state index >= 15 is 0 Å². The zero-order valence-corrected chi connectivity index (χ0v) is 8.08. The molecule has 2 nitrogen and oxygen atoms in total. The Kier molecular flexibility index (Phi) is 2.98. The van der Waals surface area contributed by atoms with Gasteiger partial charge in [-0.15, -0.1) is 0 Å². The summed E-state index contributed by atoms with van der Waals surface area (Å²) in [4.78, 5) is 10.5. The molecule has 0 bridgehead atoms. The minimum absolute atomic E-state index is 0.435. The van der Waals surface area contributed by atoms with Gasteiger partial charge in [-0.2, -0.15) is 0 Å². The molecule has 0 saturated heterocycles. The fraction of sp³-hybridized carbons (Fsp3) is 0. The SMILES string of the molecule is O=[As]c1ccc(C(=O)Cl)cc1. The number of carbonyl (C=O) groups is 1. The van der Waals surface area contributed by atoms with Crippen LogP contribution in [0.25, 0.3) is 0 Å². The molecule has 0 N–H and O–H groups in total. The fourth-order valence-corrected chi connectivity index (χ4v) is 1.35. The van der Waals surface area contributed by atoms with Crippen molar-refractivity contribution in [3.63, 3.8) is 0 Å². The summed E-state index contributed by atoms with van der Waals surface area (Å²) in [6.45, 7) is 0. The molecular formula is C7H4AsClO2. The molecule has 0 heterocycles. The van der Waals surface area contributed by atoms with E-state index in [0.29, 0.717) is 5.56 Å². The van der Waals surface area contributed by atoms with Crippen molar-refractivity contribution in [3.05, 3.63) is 29.8 Å². The van der Waals surface area contributed by atoms with Crippen LogP contribution in [0.15, 0.2) is 24.3 Å². The van der Waals surface area contributed by atoms with Crippen LogP contribution in [0.1, 0.15) is 10.4 Å². The average molecular weight is 230 g/mol. The molecule has 56 valence electrons. The molecule has 0 aliphatic heterocycles. The molecule has 1 aromatic carbocycles. The van der Waals surface area contributed by atoms with E-state index in [4.69, 9.17) is 11.6 Å². The molecule has 0 atom stereocenters. The second-order valence-corrected chi connectivity index (χ2v) is 3.72. The number of hydrogen-bond donors (Lipinski definition) is 0. The fourth-order valence-electron chi connectivity index (χ4n) is 0.653. The van der Waals surface area contributed by atoms with Crippen LogP contribution in [0.4, 0.5) is 0 Å². The van der Waals surface area contributed by atoms with Crippen LogP contribution in [-0.4, -0.2) is 20.9 Å². The van der Waals surface area contributed by atoms with E-state index in [1.807, 2.05) is 0 Å². The topological polar surface area (TPSA) is 34.1 Å². The molecule has 1 aromatic rings. The van der Waals surface area contributed by atoms with E-state index in [-0.39, 0.29) is 0 Å². The van der Waals surface area contributed by atoms with Gasteiger partial charge in [-0.25, -0.2) is 0 Å². The summed E-state index contributed by atoms with van der Waals surface area (Å²) in [5, 5.41) is -0.487. The van der Waals surface area contributed by atoms with Gasteiger partial charge in [0.15, 0.2) is 0 Å². The standard InChI is InChI=1S/C7H4AsClO2/c9-7(10)5-1-3-6(8-11)4-2-5/h1-4H. The number of rotatable bonds is 2. The van der Waals surface area contributed by atoms with Gasteiger partial charge < -0.3 is 0 Å². The van der Waals surface area contributed by atoms with Crippen molar-refractivity contribution in [1.29, 1.82) is 0 Å². The van der Waals surface area contributed by atoms with Crippen LogP contribution < -0.4 is 4.35 Å². The Hall–Kier alpha value is -0.462. The molecule has 0 aliphatic carbocycles. The van der Waals surface area contributed by atoms with Gasteiger partial charge in [0.25, 0.3) is 0 Å². The van der Waals surface area contributed by atoms with Crippen molar-refractivity contribution in [2.24, 2.45) is 0 Å². The predicted octanol–water partition coefficient (Wildman–Crippen LogP) is 0.741. The second-order valence-electron chi connectivity index (χ2n) is 1.91. The van der Waals surface area contributed by atoms with Gasteiger partial charge in [0, 0.05) is 0 Å². The molecule has 0 aromatic heterocycles. The third-order valence-corrected chi connectivity index (χ3v) is 2.49. The third kappa shape index (κ3) is 2.25. The average Bonchev–Trinajstić information content (AvgIpc) is 2.05. The molecule has 0 aliphatic rings. The van der Waals surface area contributed by atoms with E-state index in [0.717, 1.165) is 4.35 Å². The van der Waals surface area contributed by atoms with Crippen molar-refractivity contribution in [1.82, 2.24) is 0 Å². The maximum absolute atomic E-state index is 10.5. The Morgan fingerprint density at radius 2 is 1.82 bits per heavy atom. The maximum atomic E-state index is 10.5. The van der Waals surface area contributed by atoms with Crippen LogP contribution in [0.5, 0.6) is 0 Å². The van der Waals surface area contributed by atoms with E-state index < -0.39 is 20.9 Å². The van der Waals surface area contributed by atoms with Gasteiger partial charge in [0.2, 0.25) is 0 Å². The quantitative estimate of drug-likeness (QED) is 0.555. The van der Waals surface area contributed by atoms with Gasteiger partial charge in [-0.05, 0) is 0 Å². The summed E-state index contributed by atoms with van der Waals surface area (Å²) in [6.07, 6.45) is 0. The zero-order chi connectivity index (χ0) is 8.27. The Bertz CT molecular complexity index is 281. The van der Waals surface area contributed by atoms with Crippen molar-refractivity contribution in [2.45, 2.75) is 0 Å². The van der Waals surface area contributed by atoms with Gasteiger partial charge in [-0.1, -0.05) is 0 Å². The number of carbonyl (C=O) groups excluding carboxylic acids is 1. The summed E-state index contributed by atoms with van der Waals surface area (Å²) in [7, 11) is 0. The van der Waals surface area contributed by atoms with Gasteiger partial charge in [0.1, 0.15) is 0 Å². The molecule has 0 radical (unpaired) electrons. The first-order chi connectivity index (χ1) is 5.24. The van der Waals surface area contributed by atoms with E-state index in [2.05, 4.69) is 0 Å². The Morgan fingerprint density at radius 1 is 1.27 bits per heavy atom. The van der Waals surface area contributed by atoms with Crippen LogP contribution in [0.2, 0.25) is 0 Å². The molecule has 1 rings (SSSR count). The zero-order valence-electron chi connectivity index (χ0n) is 5.45. The monoisotopic (exact) mass is 230 g/mol. The van der Waals surface area contributed by atoms with Crippen LogP contribution >= 0.6 is 11.6 Å². The Morgan fingerprint density at radius 3 is 2.18 bits per heavy atom. The minimum atomic E-state index is -1.00. The molecular weight excluding hydrogens is 226 g/mol. The van der Waals surface area contributed by atoms with E-state index in [1.165, 1.54) is 0 Å². The first-order valence-corrected chi connectivity index (χ1v) is 4.95. The van der Waals surface area contributed by atoms with Crippen molar-refractivity contribution < 1.29 is 8.53 Å². The number of hydrogen-bond acceptors (Lipinski definition) is 2. The third-order valence-electron chi connectivity index (χ3n) is 1.20. The summed E-state index contributed by atoms with van der Waals surface area (Å²) in [6, 6.07) is 6.42. The normalized spacial score (nSPS) is 9.91. The van der Waals surface area contributed by atoms with Crippen molar-refractivity contribution >= 4 is 36.9 Å². The van der Waals surface area contributed by atoms with Crippen molar-refractivity contribution in [2.75, 3.05) is 0 Å². The summed E-state index contributed by atoms with van der Waals surface area (Å²) in [5.74, 6) is 0. The molecule has 0 fully saturated rings. The molecule has 4 heteroatoms. The van der Waals surface area contributed by atoms with Gasteiger partial charge in [0.05, 0.1) is 0 Å². The van der Waals surface area contributed by atoms with Crippen LogP contribution in [0.3, 0.4) is 0 Å². The first-order valence-electron chi connectivity index (χ1n) is 2.87. The number of halogens is 1. The molecule has 0 saturated carbocycles. The van der Waals surface area contributed by atoms with E-state index in [9.17, 15) is 8.53 Å².